The van der Waals surface area contributed by atoms with E-state index in [9.17, 15) is 9.59 Å². The molecular formula is C15H16ClN5O2. The van der Waals surface area contributed by atoms with Gasteiger partial charge >= 0.3 is 0 Å². The lowest BCUT2D eigenvalue weighted by molar-refractivity contribution is -0.116. The number of hydrogen-bond donors (Lipinski definition) is 2. The van der Waals surface area contributed by atoms with Gasteiger partial charge < -0.3 is 15.5 Å². The van der Waals surface area contributed by atoms with Crippen molar-refractivity contribution in [3.8, 4) is 0 Å². The van der Waals surface area contributed by atoms with Crippen LogP contribution in [-0.2, 0) is 9.59 Å². The SMILES string of the molecule is C=CC1(C)NC(=O)/C(=C(Cl)/C=C(\C=O)Nc2ccncn2)N1C. The maximum Gasteiger partial charge on any atom is 0.271 e. The number of nitrogens with zero attached hydrogens (tertiary/aromatic N) is 3. The van der Waals surface area contributed by atoms with Gasteiger partial charge in [0.05, 0.1) is 10.7 Å². The van der Waals surface area contributed by atoms with Crippen molar-refractivity contribution in [1.82, 2.24) is 20.2 Å². The van der Waals surface area contributed by atoms with Crippen molar-refractivity contribution in [2.45, 2.75) is 12.6 Å². The molecule has 0 spiro atoms. The topological polar surface area (TPSA) is 87.2 Å². The molecule has 0 aromatic carbocycles. The summed E-state index contributed by atoms with van der Waals surface area (Å²) in [7, 11) is 1.71. The van der Waals surface area contributed by atoms with E-state index >= 15 is 0 Å². The van der Waals surface area contributed by atoms with Crippen LogP contribution >= 0.6 is 11.6 Å². The summed E-state index contributed by atoms with van der Waals surface area (Å²) >= 11 is 6.24. The Hall–Kier alpha value is -2.67. The Labute approximate surface area is 138 Å². The number of aldehydes is 1. The summed E-state index contributed by atoms with van der Waals surface area (Å²) in [6.07, 6.45) is 6.44. The van der Waals surface area contributed by atoms with Crippen molar-refractivity contribution in [1.29, 1.82) is 0 Å². The highest BCUT2D eigenvalue weighted by Gasteiger charge is 2.40. The lowest BCUT2D eigenvalue weighted by Crippen LogP contribution is -2.45. The summed E-state index contributed by atoms with van der Waals surface area (Å²) in [6.45, 7) is 5.50. The molecule has 1 saturated heterocycles. The van der Waals surface area contributed by atoms with Crippen LogP contribution in [0, 0.1) is 0 Å². The fourth-order valence-electron chi connectivity index (χ4n) is 2.03. The largest absolute Gasteiger partial charge is 0.343 e. The predicted octanol–water partition coefficient (Wildman–Crippen LogP) is 1.39. The highest BCUT2D eigenvalue weighted by atomic mass is 35.5. The molecule has 0 aliphatic carbocycles. The van der Waals surface area contributed by atoms with Crippen LogP contribution in [0.5, 0.6) is 0 Å². The number of carbonyl (C=O) groups is 2. The normalized spacial score (nSPS) is 23.3. The third-order valence-electron chi connectivity index (χ3n) is 3.50. The molecule has 1 aromatic rings. The molecule has 2 N–H and O–H groups in total. The minimum Gasteiger partial charge on any atom is -0.343 e. The molecule has 1 aromatic heterocycles. The molecule has 23 heavy (non-hydrogen) atoms. The summed E-state index contributed by atoms with van der Waals surface area (Å²) in [5, 5.41) is 5.69. The Morgan fingerprint density at radius 1 is 1.57 bits per heavy atom. The zero-order valence-electron chi connectivity index (χ0n) is 12.7. The zero-order valence-corrected chi connectivity index (χ0v) is 13.5. The zero-order chi connectivity index (χ0) is 17.0. The van der Waals surface area contributed by atoms with Crippen LogP contribution in [0.15, 0.2) is 53.7 Å². The van der Waals surface area contributed by atoms with Crippen LogP contribution in [0.3, 0.4) is 0 Å². The number of aromatic nitrogens is 2. The Balaban J connectivity index is 2.33. The summed E-state index contributed by atoms with van der Waals surface area (Å²) < 4.78 is 0. The third kappa shape index (κ3) is 3.40. The van der Waals surface area contributed by atoms with Gasteiger partial charge in [-0.1, -0.05) is 18.2 Å². The Kier molecular flexibility index (Phi) is 4.80. The standard InChI is InChI=1S/C15H16ClN5O2/c1-4-15(2)20-14(23)13(21(15)3)11(16)7-10(8-22)19-12-5-6-17-9-18-12/h4-9H,1H2,2-3H3,(H,20,23)(H,17,18,19)/b10-7+,13-11+. The van der Waals surface area contributed by atoms with Crippen molar-refractivity contribution in [2.75, 3.05) is 12.4 Å². The summed E-state index contributed by atoms with van der Waals surface area (Å²) in [5.74, 6) is 0.0939. The first-order valence-electron chi connectivity index (χ1n) is 6.71. The first-order valence-corrected chi connectivity index (χ1v) is 7.08. The number of amides is 1. The van der Waals surface area contributed by atoms with Gasteiger partial charge in [-0.3, -0.25) is 9.59 Å². The quantitative estimate of drug-likeness (QED) is 0.481. The van der Waals surface area contributed by atoms with Crippen LogP contribution in [-0.4, -0.2) is 39.8 Å². The maximum absolute atomic E-state index is 12.1. The van der Waals surface area contributed by atoms with E-state index in [1.807, 2.05) is 0 Å². The van der Waals surface area contributed by atoms with Crippen molar-refractivity contribution < 1.29 is 9.59 Å². The summed E-state index contributed by atoms with van der Waals surface area (Å²) in [5.41, 5.74) is -0.325. The van der Waals surface area contributed by atoms with Crippen LogP contribution in [0.2, 0.25) is 0 Å². The smallest absolute Gasteiger partial charge is 0.271 e. The molecule has 1 amide bonds. The minimum absolute atomic E-state index is 0.124. The molecule has 8 heteroatoms. The molecular weight excluding hydrogens is 318 g/mol. The van der Waals surface area contributed by atoms with Gasteiger partial charge in [-0.15, -0.1) is 0 Å². The van der Waals surface area contributed by atoms with E-state index in [0.717, 1.165) is 0 Å². The number of likely N-dealkylation sites (N-methyl/N-ethyl adjacent to an activating group) is 1. The van der Waals surface area contributed by atoms with Crippen LogP contribution in [0.4, 0.5) is 5.82 Å². The second kappa shape index (κ2) is 6.62. The minimum atomic E-state index is -0.734. The van der Waals surface area contributed by atoms with Crippen molar-refractivity contribution in [3.05, 3.63) is 53.7 Å². The number of nitrogens with one attached hydrogen (secondary N) is 2. The van der Waals surface area contributed by atoms with Crippen LogP contribution in [0.25, 0.3) is 0 Å². The van der Waals surface area contributed by atoms with E-state index in [0.29, 0.717) is 12.1 Å². The molecule has 120 valence electrons. The Bertz CT molecular complexity index is 701. The molecule has 2 heterocycles. The van der Waals surface area contributed by atoms with E-state index in [4.69, 9.17) is 11.6 Å². The molecule has 1 aliphatic heterocycles. The van der Waals surface area contributed by atoms with Gasteiger partial charge in [0.25, 0.3) is 5.91 Å². The monoisotopic (exact) mass is 333 g/mol. The van der Waals surface area contributed by atoms with E-state index in [2.05, 4.69) is 27.2 Å². The van der Waals surface area contributed by atoms with E-state index < -0.39 is 5.66 Å². The van der Waals surface area contributed by atoms with Crippen LogP contribution < -0.4 is 10.6 Å². The molecule has 1 aliphatic rings. The van der Waals surface area contributed by atoms with Crippen molar-refractivity contribution in [3.63, 3.8) is 0 Å². The van der Waals surface area contributed by atoms with Crippen molar-refractivity contribution in [2.24, 2.45) is 0 Å². The highest BCUT2D eigenvalue weighted by Crippen LogP contribution is 2.29. The van der Waals surface area contributed by atoms with Gasteiger partial charge in [0.2, 0.25) is 0 Å². The third-order valence-corrected chi connectivity index (χ3v) is 3.79. The molecule has 0 bridgehead atoms. The molecule has 1 atom stereocenters. The molecule has 1 unspecified atom stereocenters. The Morgan fingerprint density at radius 2 is 2.30 bits per heavy atom. The van der Waals surface area contributed by atoms with Gasteiger partial charge in [0.15, 0.2) is 6.29 Å². The van der Waals surface area contributed by atoms with E-state index in [-0.39, 0.29) is 22.3 Å². The maximum atomic E-state index is 12.1. The van der Waals surface area contributed by atoms with Gasteiger partial charge in [0, 0.05) is 13.2 Å². The Morgan fingerprint density at radius 3 is 2.83 bits per heavy atom. The molecule has 2 rings (SSSR count). The van der Waals surface area contributed by atoms with Crippen molar-refractivity contribution >= 4 is 29.6 Å². The second-order valence-electron chi connectivity index (χ2n) is 5.00. The van der Waals surface area contributed by atoms with Gasteiger partial charge in [0.1, 0.15) is 23.5 Å². The van der Waals surface area contributed by atoms with E-state index in [1.165, 1.54) is 18.6 Å². The number of hydrogen-bond acceptors (Lipinski definition) is 6. The molecule has 0 saturated carbocycles. The average Bonchev–Trinajstić information content (AvgIpc) is 2.77. The van der Waals surface area contributed by atoms with E-state index in [1.54, 1.807) is 31.0 Å². The molecule has 0 radical (unpaired) electrons. The highest BCUT2D eigenvalue weighted by molar-refractivity contribution is 6.33. The van der Waals surface area contributed by atoms with Gasteiger partial charge in [-0.2, -0.15) is 0 Å². The van der Waals surface area contributed by atoms with Gasteiger partial charge in [-0.05, 0) is 25.1 Å². The fraction of sp³-hybridized carbons (Fsp3) is 0.200. The number of carbonyl (C=O) groups excluding carboxylic acids is 2. The number of rotatable bonds is 5. The van der Waals surface area contributed by atoms with Crippen LogP contribution in [0.1, 0.15) is 6.92 Å². The average molecular weight is 334 g/mol. The summed E-state index contributed by atoms with van der Waals surface area (Å²) in [6, 6.07) is 1.60. The van der Waals surface area contributed by atoms with Gasteiger partial charge in [-0.25, -0.2) is 9.97 Å². The lowest BCUT2D eigenvalue weighted by Gasteiger charge is -2.29. The number of anilines is 1. The summed E-state index contributed by atoms with van der Waals surface area (Å²) in [4.78, 5) is 32.7. The number of halogens is 1. The fourth-order valence-corrected chi connectivity index (χ4v) is 2.36. The molecule has 1 fully saturated rings. The first kappa shape index (κ1) is 16.7. The predicted molar refractivity (Wildman–Crippen MR) is 87.2 cm³/mol. The number of allylic oxidation sites excluding steroid dienone is 3. The molecule has 7 nitrogen and oxygen atoms in total. The second-order valence-corrected chi connectivity index (χ2v) is 5.41. The first-order chi connectivity index (χ1) is 10.9. The lowest BCUT2D eigenvalue weighted by atomic mass is 10.2.